The fraction of sp³-hybridized carbons (Fsp3) is 1.00. The van der Waals surface area contributed by atoms with Gasteiger partial charge < -0.3 is 10.2 Å². The van der Waals surface area contributed by atoms with E-state index in [1.54, 1.807) is 0 Å². The lowest BCUT2D eigenvalue weighted by Gasteiger charge is -2.62. The fourth-order valence-corrected chi connectivity index (χ4v) is 10.1. The molecule has 5 saturated carbocycles. The Hall–Kier alpha value is -0.430. The highest BCUT2D eigenvalue weighted by atomic mass is 19.4. The van der Waals surface area contributed by atoms with Crippen molar-refractivity contribution in [3.63, 3.8) is 0 Å². The third kappa shape index (κ3) is 4.44. The summed E-state index contributed by atoms with van der Waals surface area (Å²) in [4.78, 5) is 0. The van der Waals surface area contributed by atoms with Crippen LogP contribution >= 0.6 is 0 Å². The van der Waals surface area contributed by atoms with Gasteiger partial charge in [-0.1, -0.05) is 20.3 Å². The summed E-state index contributed by atoms with van der Waals surface area (Å²) in [6, 6.07) is 0. The van der Waals surface area contributed by atoms with Crippen LogP contribution in [0.15, 0.2) is 0 Å². The molecule has 7 heteroatoms. The maximum atomic E-state index is 13.6. The monoisotopic (exact) mass is 520 g/mol. The van der Waals surface area contributed by atoms with Crippen LogP contribution in [-0.4, -0.2) is 33.5 Å². The van der Waals surface area contributed by atoms with Crippen molar-refractivity contribution in [2.45, 2.75) is 140 Å². The van der Waals surface area contributed by atoms with E-state index in [2.05, 4.69) is 13.8 Å². The highest BCUT2D eigenvalue weighted by Gasteiger charge is 2.65. The lowest BCUT2D eigenvalue weighted by Crippen LogP contribution is -2.59. The molecule has 7 unspecified atom stereocenters. The van der Waals surface area contributed by atoms with Crippen molar-refractivity contribution in [3.8, 4) is 0 Å². The smallest absolute Gasteiger partial charge is 0.390 e. The van der Waals surface area contributed by atoms with E-state index in [0.717, 1.165) is 44.9 Å². The van der Waals surface area contributed by atoms with E-state index < -0.39 is 23.3 Å². The number of alkyl halides is 5. The van der Waals surface area contributed by atoms with Gasteiger partial charge in [0.05, 0.1) is 5.60 Å². The molecule has 0 aromatic heterocycles. The molecule has 5 fully saturated rings. The normalized spacial score (nSPS) is 48.1. The zero-order valence-electron chi connectivity index (χ0n) is 22.0. The first kappa shape index (κ1) is 27.1. The summed E-state index contributed by atoms with van der Waals surface area (Å²) in [5, 5.41) is 21.3. The van der Waals surface area contributed by atoms with Crippen molar-refractivity contribution >= 4 is 0 Å². The van der Waals surface area contributed by atoms with Gasteiger partial charge in [-0.2, -0.15) is 13.2 Å². The van der Waals surface area contributed by atoms with E-state index in [1.165, 1.54) is 6.42 Å². The lowest BCUT2D eigenvalue weighted by atomic mass is 9.43. The van der Waals surface area contributed by atoms with Crippen LogP contribution in [0.3, 0.4) is 0 Å². The summed E-state index contributed by atoms with van der Waals surface area (Å²) < 4.78 is 67.8. The van der Waals surface area contributed by atoms with Gasteiger partial charge in [-0.25, -0.2) is 8.78 Å². The minimum atomic E-state index is -4.55. The minimum absolute atomic E-state index is 0.0655. The number of halogens is 5. The zero-order valence-corrected chi connectivity index (χ0v) is 22.0. The van der Waals surface area contributed by atoms with Crippen molar-refractivity contribution < 1.29 is 32.2 Å². The molecule has 5 aliphatic carbocycles. The molecule has 0 aliphatic heterocycles. The molecule has 0 aromatic rings. The highest BCUT2D eigenvalue weighted by Crippen LogP contribution is 2.69. The summed E-state index contributed by atoms with van der Waals surface area (Å²) >= 11 is 0. The Morgan fingerprint density at radius 3 is 2.08 bits per heavy atom. The molecule has 0 radical (unpaired) electrons. The van der Waals surface area contributed by atoms with Crippen molar-refractivity contribution in [3.05, 3.63) is 0 Å². The molecule has 5 aliphatic rings. The second-order valence-electron chi connectivity index (χ2n) is 14.2. The molecule has 0 spiro atoms. The Balaban J connectivity index is 1.21. The van der Waals surface area contributed by atoms with Crippen LogP contribution in [0.4, 0.5) is 22.0 Å². The van der Waals surface area contributed by atoms with E-state index in [0.29, 0.717) is 36.5 Å². The quantitative estimate of drug-likeness (QED) is 0.368. The van der Waals surface area contributed by atoms with Gasteiger partial charge in [-0.15, -0.1) is 0 Å². The van der Waals surface area contributed by atoms with Crippen molar-refractivity contribution in [2.24, 2.45) is 40.4 Å². The Kier molecular flexibility index (Phi) is 6.63. The topological polar surface area (TPSA) is 40.5 Å². The largest absolute Gasteiger partial charge is 0.417 e. The van der Waals surface area contributed by atoms with Gasteiger partial charge in [0, 0.05) is 12.8 Å². The van der Waals surface area contributed by atoms with Crippen LogP contribution < -0.4 is 0 Å². The molecule has 0 heterocycles. The number of hydrogen-bond donors (Lipinski definition) is 2. The summed E-state index contributed by atoms with van der Waals surface area (Å²) in [6.07, 6.45) is 4.31. The first-order valence-corrected chi connectivity index (χ1v) is 14.5. The third-order valence-electron chi connectivity index (χ3n) is 12.6. The van der Waals surface area contributed by atoms with Crippen LogP contribution in [-0.2, 0) is 0 Å². The summed E-state index contributed by atoms with van der Waals surface area (Å²) in [5.41, 5.74) is -3.35. The van der Waals surface area contributed by atoms with Gasteiger partial charge in [-0.3, -0.25) is 0 Å². The van der Waals surface area contributed by atoms with Crippen LogP contribution in [0.1, 0.15) is 117 Å². The summed E-state index contributed by atoms with van der Waals surface area (Å²) in [5.74, 6) is -0.532. The molecule has 0 saturated heterocycles. The predicted molar refractivity (Wildman–Crippen MR) is 128 cm³/mol. The average molecular weight is 521 g/mol. The predicted octanol–water partition coefficient (Wildman–Crippen LogP) is 8.05. The van der Waals surface area contributed by atoms with Crippen LogP contribution in [0.2, 0.25) is 0 Å². The Morgan fingerprint density at radius 1 is 0.750 bits per heavy atom. The Morgan fingerprint density at radius 2 is 1.42 bits per heavy atom. The van der Waals surface area contributed by atoms with E-state index in [1.807, 2.05) is 0 Å². The molecule has 8 atom stereocenters. The molecule has 208 valence electrons. The molecule has 0 bridgehead atoms. The molecular formula is C29H45F5O2. The minimum Gasteiger partial charge on any atom is -0.390 e. The lowest BCUT2D eigenvalue weighted by molar-refractivity contribution is -0.290. The molecule has 36 heavy (non-hydrogen) atoms. The van der Waals surface area contributed by atoms with Crippen molar-refractivity contribution in [1.29, 1.82) is 0 Å². The van der Waals surface area contributed by atoms with Crippen LogP contribution in [0.25, 0.3) is 0 Å². The third-order valence-corrected chi connectivity index (χ3v) is 12.6. The Labute approximate surface area is 212 Å². The second-order valence-corrected chi connectivity index (χ2v) is 14.2. The zero-order chi connectivity index (χ0) is 26.2. The number of aliphatic hydroxyl groups is 2. The van der Waals surface area contributed by atoms with Gasteiger partial charge in [0.25, 0.3) is 0 Å². The van der Waals surface area contributed by atoms with Gasteiger partial charge in [-0.05, 0) is 124 Å². The molecular weight excluding hydrogens is 475 g/mol. The maximum Gasteiger partial charge on any atom is 0.417 e. The first-order chi connectivity index (χ1) is 16.6. The van der Waals surface area contributed by atoms with Crippen LogP contribution in [0.5, 0.6) is 0 Å². The summed E-state index contributed by atoms with van der Waals surface area (Å²) in [6.45, 7) is 4.65. The number of hydrogen-bond acceptors (Lipinski definition) is 2. The van der Waals surface area contributed by atoms with E-state index in [9.17, 15) is 32.2 Å². The fourth-order valence-electron chi connectivity index (χ4n) is 10.1. The highest BCUT2D eigenvalue weighted by molar-refractivity contribution is 5.11. The molecule has 5 rings (SSSR count). The van der Waals surface area contributed by atoms with Gasteiger partial charge in [0.15, 0.2) is 5.60 Å². The number of rotatable bonds is 4. The second kappa shape index (κ2) is 8.79. The van der Waals surface area contributed by atoms with Gasteiger partial charge in [0.2, 0.25) is 5.92 Å². The summed E-state index contributed by atoms with van der Waals surface area (Å²) in [7, 11) is 0. The van der Waals surface area contributed by atoms with Gasteiger partial charge in [0.1, 0.15) is 0 Å². The maximum absolute atomic E-state index is 13.6. The molecule has 0 aromatic carbocycles. The number of fused-ring (bicyclic) bond motifs is 5. The van der Waals surface area contributed by atoms with Gasteiger partial charge >= 0.3 is 6.18 Å². The van der Waals surface area contributed by atoms with Crippen molar-refractivity contribution in [2.75, 3.05) is 0 Å². The van der Waals surface area contributed by atoms with E-state index >= 15 is 0 Å². The first-order valence-electron chi connectivity index (χ1n) is 14.5. The molecule has 2 nitrogen and oxygen atoms in total. The molecule has 2 N–H and O–H groups in total. The SMILES string of the molecule is CC12CCC3C(CCC4C[C@](O)(C(F)(F)F)CCC43C)C1CCC2CCCC1(O)CCC(F)(F)CC1. The van der Waals surface area contributed by atoms with Crippen molar-refractivity contribution in [1.82, 2.24) is 0 Å². The van der Waals surface area contributed by atoms with Crippen LogP contribution in [0, 0.1) is 40.4 Å². The van der Waals surface area contributed by atoms with E-state index in [4.69, 9.17) is 0 Å². The Bertz CT molecular complexity index is 819. The average Bonchev–Trinajstić information content (AvgIpc) is 3.12. The standard InChI is InChI=1S/C29H45F5O2/c1-24-11-9-23-21(7-5-20-18-27(36,29(32,33)34)15-12-25(20,23)2)22(24)8-6-19(24)4-3-10-26(35)13-16-28(30,31)17-14-26/h19-23,35-36H,3-18H2,1-2H3/t19?,20?,21?,22?,23?,24?,25?,27-/m0/s1. The van der Waals surface area contributed by atoms with E-state index in [-0.39, 0.29) is 55.3 Å². The molecule has 0 amide bonds.